The second-order valence-electron chi connectivity index (χ2n) is 7.78. The Morgan fingerprint density at radius 3 is 2.29 bits per heavy atom. The Kier molecular flexibility index (Phi) is 9.69. The summed E-state index contributed by atoms with van der Waals surface area (Å²) < 4.78 is 4.98. The maximum atomic E-state index is 12.4. The average Bonchev–Trinajstić information content (AvgIpc) is 2.84. The van der Waals surface area contributed by atoms with Crippen molar-refractivity contribution in [2.75, 3.05) is 19.5 Å². The molecule has 0 bridgehead atoms. The fourth-order valence-electron chi connectivity index (χ4n) is 3.59. The Bertz CT molecular complexity index is 1120. The van der Waals surface area contributed by atoms with Crippen LogP contribution in [0.4, 0.5) is 5.82 Å². The molecule has 1 unspecified atom stereocenters. The zero-order valence-corrected chi connectivity index (χ0v) is 21.4. The number of hydrogen-bond acceptors (Lipinski definition) is 5. The second kappa shape index (κ2) is 12.7. The minimum absolute atomic E-state index is 0.304. The molecule has 2 N–H and O–H groups in total. The molecule has 34 heavy (non-hydrogen) atoms. The van der Waals surface area contributed by atoms with Crippen LogP contribution in [-0.2, 0) is 28.8 Å². The summed E-state index contributed by atoms with van der Waals surface area (Å²) in [6, 6.07) is 18.7. The molecule has 5 nitrogen and oxygen atoms in total. The Hall–Kier alpha value is -2.67. The van der Waals surface area contributed by atoms with E-state index in [1.165, 1.54) is 12.7 Å². The van der Waals surface area contributed by atoms with Gasteiger partial charge in [-0.3, -0.25) is 0 Å². The van der Waals surface area contributed by atoms with Gasteiger partial charge >= 0.3 is 5.97 Å². The van der Waals surface area contributed by atoms with Crippen molar-refractivity contribution < 1.29 is 9.53 Å². The number of pyridine rings is 1. The summed E-state index contributed by atoms with van der Waals surface area (Å²) in [6.07, 6.45) is 3.27. The van der Waals surface area contributed by atoms with Crippen molar-refractivity contribution in [2.24, 2.45) is 0 Å². The molecule has 3 aromatic rings. The van der Waals surface area contributed by atoms with Crippen molar-refractivity contribution in [3.63, 3.8) is 0 Å². The fraction of sp³-hybridized carbons (Fsp3) is 0.269. The standard InChI is InChI=1S/C26H27Cl2N3O2S/c1-29-23-11-4-8-19(30-23)7-3-6-17-12-14-18(15-13-17)16-22(26(32)33-2)31-25(34)24-20(27)9-5-10-21(24)28/h4-5,8-15,22H,3,6-7,16H2,1-2H3,(H,29,30)(H,31,34). The van der Waals surface area contributed by atoms with Crippen molar-refractivity contribution in [3.05, 3.63) is 93.1 Å². The maximum absolute atomic E-state index is 12.4. The summed E-state index contributed by atoms with van der Waals surface area (Å²) in [6.45, 7) is 0. The minimum atomic E-state index is -0.666. The van der Waals surface area contributed by atoms with Gasteiger partial charge in [-0.15, -0.1) is 0 Å². The molecule has 0 aliphatic rings. The number of aromatic nitrogens is 1. The van der Waals surface area contributed by atoms with Crippen molar-refractivity contribution in [3.8, 4) is 0 Å². The molecule has 0 spiro atoms. The molecule has 3 rings (SSSR count). The van der Waals surface area contributed by atoms with Crippen molar-refractivity contribution in [2.45, 2.75) is 31.7 Å². The lowest BCUT2D eigenvalue weighted by Crippen LogP contribution is -2.42. The Morgan fingerprint density at radius 2 is 1.65 bits per heavy atom. The van der Waals surface area contributed by atoms with Gasteiger partial charge < -0.3 is 15.4 Å². The second-order valence-corrected chi connectivity index (χ2v) is 9.01. The maximum Gasteiger partial charge on any atom is 0.328 e. The largest absolute Gasteiger partial charge is 0.467 e. The molecule has 0 saturated carbocycles. The van der Waals surface area contributed by atoms with Crippen LogP contribution in [0.3, 0.4) is 0 Å². The number of aryl methyl sites for hydroxylation is 2. The van der Waals surface area contributed by atoms with Gasteiger partial charge in [0.05, 0.1) is 17.2 Å². The van der Waals surface area contributed by atoms with E-state index < -0.39 is 12.0 Å². The first kappa shape index (κ1) is 25.9. The number of benzene rings is 2. The quantitative estimate of drug-likeness (QED) is 0.268. The number of ether oxygens (including phenoxy) is 1. The summed E-state index contributed by atoms with van der Waals surface area (Å²) in [5.74, 6) is 0.470. The summed E-state index contributed by atoms with van der Waals surface area (Å²) in [7, 11) is 3.22. The highest BCUT2D eigenvalue weighted by molar-refractivity contribution is 7.80. The zero-order valence-electron chi connectivity index (χ0n) is 19.1. The van der Waals surface area contributed by atoms with E-state index in [1.54, 1.807) is 18.2 Å². The number of halogens is 2. The molecule has 0 aliphatic carbocycles. The van der Waals surface area contributed by atoms with Crippen LogP contribution < -0.4 is 10.6 Å². The molecular formula is C26H27Cl2N3O2S. The van der Waals surface area contributed by atoms with Crippen LogP contribution >= 0.6 is 35.4 Å². The average molecular weight is 516 g/mol. The third-order valence-corrected chi connectivity index (χ3v) is 6.36. The predicted octanol–water partition coefficient (Wildman–Crippen LogP) is 5.65. The molecule has 1 atom stereocenters. The van der Waals surface area contributed by atoms with Crippen molar-refractivity contribution >= 4 is 52.2 Å². The molecule has 0 saturated heterocycles. The van der Waals surface area contributed by atoms with Gasteiger partial charge in [-0.25, -0.2) is 9.78 Å². The number of carbonyl (C=O) groups is 1. The lowest BCUT2D eigenvalue weighted by atomic mass is 10.0. The van der Waals surface area contributed by atoms with E-state index in [0.29, 0.717) is 27.0 Å². The van der Waals surface area contributed by atoms with Crippen LogP contribution in [0.5, 0.6) is 0 Å². The van der Waals surface area contributed by atoms with E-state index in [4.69, 9.17) is 40.2 Å². The van der Waals surface area contributed by atoms with Crippen LogP contribution in [-0.4, -0.2) is 36.1 Å². The van der Waals surface area contributed by atoms with Gasteiger partial charge in [0.2, 0.25) is 0 Å². The topological polar surface area (TPSA) is 63.2 Å². The number of nitrogens with one attached hydrogen (secondary N) is 2. The van der Waals surface area contributed by atoms with E-state index in [9.17, 15) is 4.79 Å². The van der Waals surface area contributed by atoms with Gasteiger partial charge in [-0.05, 0) is 54.7 Å². The highest BCUT2D eigenvalue weighted by Crippen LogP contribution is 2.25. The number of carbonyl (C=O) groups excluding carboxylic acids is 1. The van der Waals surface area contributed by atoms with E-state index in [1.807, 2.05) is 37.4 Å². The molecule has 0 aliphatic heterocycles. The number of esters is 1. The normalized spacial score (nSPS) is 11.5. The summed E-state index contributed by atoms with van der Waals surface area (Å²) >= 11 is 18.0. The smallest absolute Gasteiger partial charge is 0.328 e. The summed E-state index contributed by atoms with van der Waals surface area (Å²) in [5, 5.41) is 6.98. The Labute approximate surface area is 215 Å². The fourth-order valence-corrected chi connectivity index (χ4v) is 4.65. The van der Waals surface area contributed by atoms with Crippen LogP contribution in [0.2, 0.25) is 10.0 Å². The summed E-state index contributed by atoms with van der Waals surface area (Å²) in [4.78, 5) is 17.3. The van der Waals surface area contributed by atoms with Crippen LogP contribution in [0.1, 0.15) is 28.8 Å². The highest BCUT2D eigenvalue weighted by atomic mass is 35.5. The Balaban J connectivity index is 1.60. The molecule has 0 fully saturated rings. The van der Waals surface area contributed by atoms with Crippen molar-refractivity contribution in [1.82, 2.24) is 10.3 Å². The third kappa shape index (κ3) is 7.16. The first-order valence-corrected chi connectivity index (χ1v) is 12.1. The SMILES string of the molecule is CNc1cccc(CCCc2ccc(CC(NC(=S)c3c(Cl)cccc3Cl)C(=O)OC)cc2)n1. The van der Waals surface area contributed by atoms with Crippen LogP contribution in [0.15, 0.2) is 60.7 Å². The van der Waals surface area contributed by atoms with E-state index in [0.717, 1.165) is 36.3 Å². The van der Waals surface area contributed by atoms with Gasteiger partial charge in [-0.2, -0.15) is 0 Å². The first-order chi connectivity index (χ1) is 16.4. The number of nitrogens with zero attached hydrogens (tertiary/aromatic N) is 1. The first-order valence-electron chi connectivity index (χ1n) is 11.0. The number of anilines is 1. The van der Waals surface area contributed by atoms with Crippen LogP contribution in [0, 0.1) is 0 Å². The summed E-state index contributed by atoms with van der Waals surface area (Å²) in [5.41, 5.74) is 3.79. The molecule has 1 heterocycles. The van der Waals surface area contributed by atoms with E-state index in [2.05, 4.69) is 27.8 Å². The number of hydrogen-bond donors (Lipinski definition) is 2. The molecular weight excluding hydrogens is 489 g/mol. The van der Waals surface area contributed by atoms with Gasteiger partial charge in [-0.1, -0.05) is 71.8 Å². The molecule has 0 radical (unpaired) electrons. The van der Waals surface area contributed by atoms with E-state index in [-0.39, 0.29) is 0 Å². The van der Waals surface area contributed by atoms with Gasteiger partial charge in [0.1, 0.15) is 16.8 Å². The van der Waals surface area contributed by atoms with Gasteiger partial charge in [0, 0.05) is 24.7 Å². The lowest BCUT2D eigenvalue weighted by Gasteiger charge is -2.19. The molecule has 2 aromatic carbocycles. The van der Waals surface area contributed by atoms with Gasteiger partial charge in [0.15, 0.2) is 0 Å². The molecule has 0 amide bonds. The van der Waals surface area contributed by atoms with Crippen molar-refractivity contribution in [1.29, 1.82) is 0 Å². The Morgan fingerprint density at radius 1 is 1.00 bits per heavy atom. The number of methoxy groups -OCH3 is 1. The van der Waals surface area contributed by atoms with E-state index >= 15 is 0 Å². The molecule has 8 heteroatoms. The van der Waals surface area contributed by atoms with Crippen LogP contribution in [0.25, 0.3) is 0 Å². The zero-order chi connectivity index (χ0) is 24.5. The minimum Gasteiger partial charge on any atom is -0.467 e. The lowest BCUT2D eigenvalue weighted by molar-refractivity contribution is -0.142. The number of rotatable bonds is 10. The molecule has 1 aromatic heterocycles. The number of thiocarbonyl (C=S) groups is 1. The highest BCUT2D eigenvalue weighted by Gasteiger charge is 2.23. The predicted molar refractivity (Wildman–Crippen MR) is 143 cm³/mol. The molecule has 178 valence electrons. The third-order valence-electron chi connectivity index (χ3n) is 5.40. The monoisotopic (exact) mass is 515 g/mol. The van der Waals surface area contributed by atoms with Gasteiger partial charge in [0.25, 0.3) is 0 Å².